The molecule has 0 atom stereocenters. The first-order valence-corrected chi connectivity index (χ1v) is 5.53. The molecule has 0 saturated heterocycles. The van der Waals surface area contributed by atoms with E-state index in [1.54, 1.807) is 24.3 Å². The summed E-state index contributed by atoms with van der Waals surface area (Å²) in [5.74, 6) is -0.959. The van der Waals surface area contributed by atoms with Crippen molar-refractivity contribution in [2.75, 3.05) is 0 Å². The molecule has 0 saturated carbocycles. The van der Waals surface area contributed by atoms with Gasteiger partial charge in [-0.15, -0.1) is 0 Å². The zero-order chi connectivity index (χ0) is 12.3. The van der Waals surface area contributed by atoms with E-state index in [1.165, 1.54) is 0 Å². The molecule has 1 N–H and O–H groups in total. The second-order valence-corrected chi connectivity index (χ2v) is 3.95. The lowest BCUT2D eigenvalue weighted by atomic mass is 10.00. The molecular weight excluding hydrogens is 232 g/mol. The average Bonchev–Trinajstić information content (AvgIpc) is 2.39. The van der Waals surface area contributed by atoms with Crippen LogP contribution in [0.1, 0.15) is 21.5 Å². The third kappa shape index (κ3) is 2.40. The van der Waals surface area contributed by atoms with Crippen LogP contribution in [0.5, 0.6) is 0 Å². The second kappa shape index (κ2) is 4.89. The van der Waals surface area contributed by atoms with Crippen LogP contribution < -0.4 is 0 Å². The van der Waals surface area contributed by atoms with Crippen molar-refractivity contribution in [3.8, 4) is 0 Å². The van der Waals surface area contributed by atoms with Gasteiger partial charge in [0.15, 0.2) is 0 Å². The molecule has 0 aliphatic carbocycles. The number of hydrogen-bond acceptors (Lipinski definition) is 2. The van der Waals surface area contributed by atoms with Gasteiger partial charge in [-0.3, -0.25) is 0 Å². The molecule has 84 valence electrons. The van der Waals surface area contributed by atoms with Gasteiger partial charge in [-0.25, -0.2) is 4.79 Å². The lowest BCUT2D eigenvalue weighted by molar-refractivity contribution is 0.0697. The van der Waals surface area contributed by atoms with E-state index < -0.39 is 5.97 Å². The van der Waals surface area contributed by atoms with Gasteiger partial charge < -0.3 is 5.11 Å². The fourth-order valence-electron chi connectivity index (χ4n) is 1.61. The van der Waals surface area contributed by atoms with E-state index in [2.05, 4.69) is 0 Å². The van der Waals surface area contributed by atoms with Gasteiger partial charge in [0.25, 0.3) is 0 Å². The van der Waals surface area contributed by atoms with E-state index in [9.17, 15) is 4.79 Å². The number of carbonyl (C=O) groups is 1. The number of carboxylic acids is 1. The summed E-state index contributed by atoms with van der Waals surface area (Å²) in [6.07, 6.45) is 0. The molecule has 0 aliphatic heterocycles. The van der Waals surface area contributed by atoms with E-state index in [4.69, 9.17) is 17.3 Å². The monoisotopic (exact) mass is 242 g/mol. The summed E-state index contributed by atoms with van der Waals surface area (Å²) < 4.78 is 0. The van der Waals surface area contributed by atoms with Gasteiger partial charge in [-0.2, -0.15) is 0 Å². The Labute approximate surface area is 105 Å². The minimum absolute atomic E-state index is 0.237. The maximum atomic E-state index is 11.1. The number of thiocarbonyl (C=S) groups is 1. The van der Waals surface area contributed by atoms with Gasteiger partial charge in [0.05, 0.1) is 10.4 Å². The van der Waals surface area contributed by atoms with E-state index in [-0.39, 0.29) is 5.56 Å². The first-order chi connectivity index (χ1) is 8.20. The maximum Gasteiger partial charge on any atom is 0.336 e. The zero-order valence-electron chi connectivity index (χ0n) is 8.96. The van der Waals surface area contributed by atoms with Crippen molar-refractivity contribution < 1.29 is 9.90 Å². The summed E-state index contributed by atoms with van der Waals surface area (Å²) in [6.45, 7) is 0. The molecule has 17 heavy (non-hydrogen) atoms. The Morgan fingerprint density at radius 2 is 1.41 bits per heavy atom. The fraction of sp³-hybridized carbons (Fsp3) is 0. The predicted octanol–water partition coefficient (Wildman–Crippen LogP) is 3.15. The lowest BCUT2D eigenvalue weighted by Gasteiger charge is -2.07. The number of benzene rings is 2. The average molecular weight is 242 g/mol. The van der Waals surface area contributed by atoms with Gasteiger partial charge in [0.2, 0.25) is 0 Å². The number of carboxylic acid groups (broad SMARTS) is 1. The van der Waals surface area contributed by atoms with Crippen LogP contribution in [0.3, 0.4) is 0 Å². The number of hydrogen-bond donors (Lipinski definition) is 1. The van der Waals surface area contributed by atoms with Crippen LogP contribution in [0.2, 0.25) is 0 Å². The van der Waals surface area contributed by atoms with Crippen LogP contribution in [0.15, 0.2) is 54.6 Å². The van der Waals surface area contributed by atoms with Crippen LogP contribution in [0, 0.1) is 0 Å². The van der Waals surface area contributed by atoms with Crippen molar-refractivity contribution in [2.45, 2.75) is 0 Å². The molecular formula is C14H10O2S. The first kappa shape index (κ1) is 11.5. The highest BCUT2D eigenvalue weighted by Gasteiger charge is 2.13. The molecule has 0 heterocycles. The Bertz CT molecular complexity index is 561. The summed E-state index contributed by atoms with van der Waals surface area (Å²) in [7, 11) is 0. The molecule has 0 amide bonds. The van der Waals surface area contributed by atoms with Gasteiger partial charge in [0, 0.05) is 5.56 Å². The molecule has 0 aliphatic rings. The van der Waals surface area contributed by atoms with Crippen LogP contribution in [-0.2, 0) is 0 Å². The molecule has 0 bridgehead atoms. The van der Waals surface area contributed by atoms with Gasteiger partial charge in [-0.05, 0) is 11.6 Å². The second-order valence-electron chi connectivity index (χ2n) is 3.55. The summed E-state index contributed by atoms with van der Waals surface area (Å²) in [4.78, 5) is 11.7. The van der Waals surface area contributed by atoms with Crippen LogP contribution in [0.25, 0.3) is 0 Å². The third-order valence-corrected chi connectivity index (χ3v) is 2.89. The highest BCUT2D eigenvalue weighted by molar-refractivity contribution is 7.81. The molecule has 2 aromatic carbocycles. The van der Waals surface area contributed by atoms with Crippen LogP contribution >= 0.6 is 12.2 Å². The normalized spacial score (nSPS) is 9.88. The first-order valence-electron chi connectivity index (χ1n) is 5.12. The van der Waals surface area contributed by atoms with Crippen LogP contribution in [0.4, 0.5) is 0 Å². The third-order valence-electron chi connectivity index (χ3n) is 2.44. The molecule has 0 radical (unpaired) electrons. The Kier molecular flexibility index (Phi) is 3.30. The number of aromatic carboxylic acids is 1. The molecule has 2 nitrogen and oxygen atoms in total. The van der Waals surface area contributed by atoms with Crippen molar-refractivity contribution in [3.05, 3.63) is 71.3 Å². The highest BCUT2D eigenvalue weighted by atomic mass is 32.1. The van der Waals surface area contributed by atoms with Crippen molar-refractivity contribution in [2.24, 2.45) is 0 Å². The van der Waals surface area contributed by atoms with Gasteiger partial charge in [0.1, 0.15) is 0 Å². The topological polar surface area (TPSA) is 37.3 Å². The predicted molar refractivity (Wildman–Crippen MR) is 70.6 cm³/mol. The van der Waals surface area contributed by atoms with Gasteiger partial charge >= 0.3 is 5.97 Å². The fourth-order valence-corrected chi connectivity index (χ4v) is 1.93. The Morgan fingerprint density at radius 3 is 2.00 bits per heavy atom. The summed E-state index contributed by atoms with van der Waals surface area (Å²) in [6, 6.07) is 16.2. The lowest BCUT2D eigenvalue weighted by Crippen LogP contribution is -2.08. The van der Waals surface area contributed by atoms with Crippen molar-refractivity contribution in [1.82, 2.24) is 0 Å². The van der Waals surface area contributed by atoms with Crippen LogP contribution in [-0.4, -0.2) is 15.9 Å². The standard InChI is InChI=1S/C14H10O2S/c15-14(16)12-9-5-4-8-11(12)13(17)10-6-2-1-3-7-10/h1-9H,(H,15,16). The minimum Gasteiger partial charge on any atom is -0.478 e. The SMILES string of the molecule is O=C(O)c1ccccc1C(=S)c1ccccc1. The number of rotatable bonds is 3. The Hall–Kier alpha value is -2.00. The van der Waals surface area contributed by atoms with Crippen molar-refractivity contribution >= 4 is 23.1 Å². The Balaban J connectivity index is 2.48. The molecule has 0 spiro atoms. The molecule has 2 rings (SSSR count). The highest BCUT2D eigenvalue weighted by Crippen LogP contribution is 2.15. The molecule has 0 unspecified atom stereocenters. The van der Waals surface area contributed by atoms with E-state index >= 15 is 0 Å². The van der Waals surface area contributed by atoms with E-state index in [0.717, 1.165) is 5.56 Å². The van der Waals surface area contributed by atoms with E-state index in [1.807, 2.05) is 30.3 Å². The Morgan fingerprint density at radius 1 is 0.882 bits per heavy atom. The molecule has 0 fully saturated rings. The van der Waals surface area contributed by atoms with E-state index in [0.29, 0.717) is 10.4 Å². The largest absolute Gasteiger partial charge is 0.478 e. The molecule has 2 aromatic rings. The molecule has 3 heteroatoms. The van der Waals surface area contributed by atoms with Crippen molar-refractivity contribution in [3.63, 3.8) is 0 Å². The zero-order valence-corrected chi connectivity index (χ0v) is 9.78. The minimum atomic E-state index is -0.959. The summed E-state index contributed by atoms with van der Waals surface area (Å²) in [5, 5.41) is 9.10. The quantitative estimate of drug-likeness (QED) is 0.663. The maximum absolute atomic E-state index is 11.1. The van der Waals surface area contributed by atoms with Gasteiger partial charge in [-0.1, -0.05) is 60.7 Å². The van der Waals surface area contributed by atoms with Crippen molar-refractivity contribution in [1.29, 1.82) is 0 Å². The molecule has 0 aromatic heterocycles. The summed E-state index contributed by atoms with van der Waals surface area (Å²) in [5.41, 5.74) is 1.68. The summed E-state index contributed by atoms with van der Waals surface area (Å²) >= 11 is 5.33. The smallest absolute Gasteiger partial charge is 0.336 e.